The summed E-state index contributed by atoms with van der Waals surface area (Å²) >= 11 is 4.49. The third kappa shape index (κ3) is 2.92. The first kappa shape index (κ1) is 16.2. The molecule has 2 heterocycles. The van der Waals surface area contributed by atoms with Crippen LogP contribution >= 0.6 is 12.8 Å². The minimum absolute atomic E-state index is 0.663. The number of rotatable bonds is 3. The molecule has 6 heteroatoms. The second-order valence-corrected chi connectivity index (χ2v) is 6.63. The van der Waals surface area contributed by atoms with Crippen LogP contribution in [0.4, 0.5) is 0 Å². The van der Waals surface area contributed by atoms with Crippen molar-refractivity contribution < 1.29 is 9.47 Å². The molecule has 3 aromatic rings. The fourth-order valence-corrected chi connectivity index (χ4v) is 3.55. The topological polar surface area (TPSA) is 47.5 Å². The van der Waals surface area contributed by atoms with Crippen molar-refractivity contribution in [1.29, 1.82) is 0 Å². The Hall–Kier alpha value is -2.31. The maximum atomic E-state index is 5.44. The molecule has 128 valence electrons. The number of hydrogen-bond acceptors (Lipinski definition) is 6. The number of ether oxygens (including phenoxy) is 2. The largest absolute Gasteiger partial charge is 0.493 e. The normalized spacial score (nSPS) is 14.4. The highest BCUT2D eigenvalue weighted by Crippen LogP contribution is 2.36. The Balaban J connectivity index is 1.88. The molecule has 1 aliphatic heterocycles. The lowest BCUT2D eigenvalue weighted by Crippen LogP contribution is -2.22. The molecule has 0 unspecified atom stereocenters. The van der Waals surface area contributed by atoms with Gasteiger partial charge in [-0.3, -0.25) is 0 Å². The van der Waals surface area contributed by atoms with Crippen LogP contribution in [0.2, 0.25) is 0 Å². The van der Waals surface area contributed by atoms with E-state index >= 15 is 0 Å². The van der Waals surface area contributed by atoms with Gasteiger partial charge in [-0.1, -0.05) is 24.9 Å². The summed E-state index contributed by atoms with van der Waals surface area (Å²) in [7, 11) is 3.26. The molecule has 0 aliphatic carbocycles. The predicted molar refractivity (Wildman–Crippen MR) is 101 cm³/mol. The van der Waals surface area contributed by atoms with Gasteiger partial charge in [0.1, 0.15) is 6.33 Å². The molecule has 0 atom stereocenters. The highest BCUT2D eigenvalue weighted by atomic mass is 32.1. The van der Waals surface area contributed by atoms with Crippen LogP contribution in [0.5, 0.6) is 11.5 Å². The SMILES string of the molecule is COc1cc2ncnc(-c3ccc4c(c3)CN(S)CC4)c2cc1OC. The van der Waals surface area contributed by atoms with Gasteiger partial charge in [0, 0.05) is 30.1 Å². The van der Waals surface area contributed by atoms with E-state index in [1.165, 1.54) is 11.1 Å². The van der Waals surface area contributed by atoms with Crippen molar-refractivity contribution in [2.24, 2.45) is 0 Å². The average Bonchev–Trinajstić information content (AvgIpc) is 2.65. The van der Waals surface area contributed by atoms with Crippen LogP contribution in [0.1, 0.15) is 11.1 Å². The Bertz CT molecular complexity index is 945. The van der Waals surface area contributed by atoms with Crippen molar-refractivity contribution in [2.75, 3.05) is 20.8 Å². The van der Waals surface area contributed by atoms with E-state index in [2.05, 4.69) is 41.0 Å². The maximum absolute atomic E-state index is 5.44. The zero-order valence-corrected chi connectivity index (χ0v) is 15.1. The lowest BCUT2D eigenvalue weighted by molar-refractivity contribution is 0.356. The summed E-state index contributed by atoms with van der Waals surface area (Å²) in [6, 6.07) is 10.4. The van der Waals surface area contributed by atoms with Crippen molar-refractivity contribution in [3.05, 3.63) is 47.8 Å². The number of fused-ring (bicyclic) bond motifs is 2. The lowest BCUT2D eigenvalue weighted by atomic mass is 9.96. The summed E-state index contributed by atoms with van der Waals surface area (Å²) in [5, 5.41) is 0.943. The Morgan fingerprint density at radius 3 is 2.60 bits per heavy atom. The zero-order valence-electron chi connectivity index (χ0n) is 14.2. The standard InChI is InChI=1S/C19H19N3O2S/c1-23-17-8-15-16(9-18(17)24-2)20-11-21-19(15)13-4-3-12-5-6-22(25)10-14(12)7-13/h3-4,7-9,11,25H,5-6,10H2,1-2H3. The van der Waals surface area contributed by atoms with Crippen LogP contribution in [0, 0.1) is 0 Å². The molecular formula is C19H19N3O2S. The maximum Gasteiger partial charge on any atom is 0.162 e. The van der Waals surface area contributed by atoms with E-state index in [4.69, 9.17) is 9.47 Å². The molecule has 0 saturated carbocycles. The average molecular weight is 353 g/mol. The quantitative estimate of drug-likeness (QED) is 0.730. The first-order valence-electron chi connectivity index (χ1n) is 8.12. The molecule has 0 amide bonds. The number of nitrogens with zero attached hydrogens (tertiary/aromatic N) is 3. The van der Waals surface area contributed by atoms with Gasteiger partial charge in [0.05, 0.1) is 25.4 Å². The summed E-state index contributed by atoms with van der Waals surface area (Å²) in [5.74, 6) is 1.33. The van der Waals surface area contributed by atoms with E-state index in [0.717, 1.165) is 41.7 Å². The Morgan fingerprint density at radius 2 is 1.80 bits per heavy atom. The van der Waals surface area contributed by atoms with E-state index in [-0.39, 0.29) is 0 Å². The van der Waals surface area contributed by atoms with Gasteiger partial charge in [-0.2, -0.15) is 0 Å². The van der Waals surface area contributed by atoms with Crippen LogP contribution < -0.4 is 9.47 Å². The van der Waals surface area contributed by atoms with Crippen molar-refractivity contribution >= 4 is 23.7 Å². The zero-order chi connectivity index (χ0) is 17.4. The van der Waals surface area contributed by atoms with Crippen LogP contribution in [0.3, 0.4) is 0 Å². The fraction of sp³-hybridized carbons (Fsp3) is 0.263. The van der Waals surface area contributed by atoms with Crippen molar-refractivity contribution in [2.45, 2.75) is 13.0 Å². The molecule has 0 bridgehead atoms. The predicted octanol–water partition coefficient (Wildman–Crippen LogP) is 3.52. The second-order valence-electron chi connectivity index (χ2n) is 6.07. The molecule has 4 rings (SSSR count). The second kappa shape index (κ2) is 6.54. The number of thiol groups is 1. The number of benzene rings is 2. The molecule has 2 aromatic carbocycles. The third-order valence-corrected chi connectivity index (χ3v) is 4.95. The summed E-state index contributed by atoms with van der Waals surface area (Å²) < 4.78 is 12.9. The molecule has 0 spiro atoms. The molecule has 0 N–H and O–H groups in total. The van der Waals surface area contributed by atoms with Gasteiger partial charge < -0.3 is 9.47 Å². The summed E-state index contributed by atoms with van der Waals surface area (Å²) in [4.78, 5) is 8.92. The molecule has 25 heavy (non-hydrogen) atoms. The lowest BCUT2D eigenvalue weighted by Gasteiger charge is -2.24. The van der Waals surface area contributed by atoms with E-state index in [1.807, 2.05) is 16.4 Å². The van der Waals surface area contributed by atoms with Crippen LogP contribution in [-0.2, 0) is 13.0 Å². The molecule has 0 fully saturated rings. The summed E-state index contributed by atoms with van der Waals surface area (Å²) in [6.07, 6.45) is 2.61. The minimum atomic E-state index is 0.663. The summed E-state index contributed by atoms with van der Waals surface area (Å²) in [5.41, 5.74) is 5.47. The highest BCUT2D eigenvalue weighted by molar-refractivity contribution is 7.77. The van der Waals surface area contributed by atoms with Gasteiger partial charge in [-0.05, 0) is 29.7 Å². The Morgan fingerprint density at radius 1 is 1.00 bits per heavy atom. The fourth-order valence-electron chi connectivity index (χ4n) is 3.30. The van der Waals surface area contributed by atoms with Gasteiger partial charge in [-0.15, -0.1) is 0 Å². The molecule has 0 saturated heterocycles. The monoisotopic (exact) mass is 353 g/mol. The van der Waals surface area contributed by atoms with Crippen LogP contribution in [0.25, 0.3) is 22.2 Å². The third-order valence-electron chi connectivity index (χ3n) is 4.61. The van der Waals surface area contributed by atoms with E-state index in [1.54, 1.807) is 20.5 Å². The van der Waals surface area contributed by atoms with Crippen LogP contribution in [0.15, 0.2) is 36.7 Å². The first-order valence-corrected chi connectivity index (χ1v) is 8.52. The first-order chi connectivity index (χ1) is 12.2. The summed E-state index contributed by atoms with van der Waals surface area (Å²) in [6.45, 7) is 1.81. The molecule has 0 radical (unpaired) electrons. The number of methoxy groups -OCH3 is 2. The van der Waals surface area contributed by atoms with E-state index < -0.39 is 0 Å². The molecule has 1 aliphatic rings. The van der Waals surface area contributed by atoms with E-state index in [9.17, 15) is 0 Å². The number of hydrogen-bond donors (Lipinski definition) is 1. The van der Waals surface area contributed by atoms with Crippen LogP contribution in [-0.4, -0.2) is 35.0 Å². The van der Waals surface area contributed by atoms with Crippen molar-refractivity contribution in [3.63, 3.8) is 0 Å². The van der Waals surface area contributed by atoms with Gasteiger partial charge in [0.25, 0.3) is 0 Å². The Kier molecular flexibility index (Phi) is 4.23. The Labute approximate surface area is 152 Å². The number of aromatic nitrogens is 2. The molecule has 1 aromatic heterocycles. The van der Waals surface area contributed by atoms with Crippen molar-refractivity contribution in [3.8, 4) is 22.8 Å². The minimum Gasteiger partial charge on any atom is -0.493 e. The molecular weight excluding hydrogens is 334 g/mol. The highest BCUT2D eigenvalue weighted by Gasteiger charge is 2.17. The van der Waals surface area contributed by atoms with Crippen molar-refractivity contribution in [1.82, 2.24) is 14.3 Å². The van der Waals surface area contributed by atoms with Gasteiger partial charge in [0.15, 0.2) is 11.5 Å². The van der Waals surface area contributed by atoms with Gasteiger partial charge in [0.2, 0.25) is 0 Å². The smallest absolute Gasteiger partial charge is 0.162 e. The van der Waals surface area contributed by atoms with Gasteiger partial charge >= 0.3 is 0 Å². The van der Waals surface area contributed by atoms with E-state index in [0.29, 0.717) is 11.5 Å². The molecule has 5 nitrogen and oxygen atoms in total. The van der Waals surface area contributed by atoms with Gasteiger partial charge in [-0.25, -0.2) is 14.3 Å².